The van der Waals surface area contributed by atoms with Crippen LogP contribution in [-0.4, -0.2) is 22.1 Å². The van der Waals surface area contributed by atoms with Crippen molar-refractivity contribution in [3.63, 3.8) is 0 Å². The number of nitrogens with zero attached hydrogens (tertiary/aromatic N) is 3. The van der Waals surface area contributed by atoms with Crippen molar-refractivity contribution in [2.45, 2.75) is 13.0 Å². The minimum Gasteiger partial charge on any atom is -0.496 e. The largest absolute Gasteiger partial charge is 0.496 e. The maximum atomic E-state index is 6.10. The number of hydrogen-bond acceptors (Lipinski definition) is 4. The Bertz CT molecular complexity index is 748. The van der Waals surface area contributed by atoms with Gasteiger partial charge in [-0.1, -0.05) is 23.4 Å². The van der Waals surface area contributed by atoms with Crippen molar-refractivity contribution in [1.82, 2.24) is 15.0 Å². The van der Waals surface area contributed by atoms with Crippen LogP contribution in [0.4, 0.5) is 0 Å². The molecule has 1 atom stereocenters. The Morgan fingerprint density at radius 2 is 1.95 bits per heavy atom. The maximum Gasteiger partial charge on any atom is 0.125 e. The van der Waals surface area contributed by atoms with Crippen LogP contribution in [0.3, 0.4) is 0 Å². The van der Waals surface area contributed by atoms with Gasteiger partial charge in [-0.2, -0.15) is 0 Å². The van der Waals surface area contributed by atoms with Crippen LogP contribution in [0.15, 0.2) is 42.5 Å². The van der Waals surface area contributed by atoms with E-state index in [0.717, 1.165) is 28.0 Å². The molecule has 5 nitrogen and oxygen atoms in total. The second-order valence-electron chi connectivity index (χ2n) is 4.67. The highest BCUT2D eigenvalue weighted by atomic mass is 16.5. The second-order valence-corrected chi connectivity index (χ2v) is 4.67. The number of hydrogen-bond donors (Lipinski definition) is 1. The molecule has 0 saturated carbocycles. The Kier molecular flexibility index (Phi) is 3.12. The SMILES string of the molecule is COc1cccc(-n2nnc3ccccc32)c1[C@H](C)N. The molecule has 0 aliphatic rings. The minimum absolute atomic E-state index is 0.163. The van der Waals surface area contributed by atoms with E-state index in [9.17, 15) is 0 Å². The molecule has 2 aromatic carbocycles. The number of ether oxygens (including phenoxy) is 1. The van der Waals surface area contributed by atoms with Gasteiger partial charge in [-0.3, -0.25) is 0 Å². The van der Waals surface area contributed by atoms with Crippen LogP contribution in [-0.2, 0) is 0 Å². The van der Waals surface area contributed by atoms with Crippen LogP contribution in [0, 0.1) is 0 Å². The van der Waals surface area contributed by atoms with Crippen molar-refractivity contribution in [1.29, 1.82) is 0 Å². The van der Waals surface area contributed by atoms with E-state index in [1.807, 2.05) is 49.4 Å². The summed E-state index contributed by atoms with van der Waals surface area (Å²) in [5, 5.41) is 8.42. The van der Waals surface area contributed by atoms with Crippen molar-refractivity contribution in [2.75, 3.05) is 7.11 Å². The molecule has 3 aromatic rings. The van der Waals surface area contributed by atoms with Gasteiger partial charge < -0.3 is 10.5 Å². The summed E-state index contributed by atoms with van der Waals surface area (Å²) < 4.78 is 7.22. The van der Waals surface area contributed by atoms with E-state index in [2.05, 4.69) is 10.3 Å². The molecule has 5 heteroatoms. The smallest absolute Gasteiger partial charge is 0.125 e. The number of nitrogens with two attached hydrogens (primary N) is 1. The first-order valence-corrected chi connectivity index (χ1v) is 6.45. The lowest BCUT2D eigenvalue weighted by Crippen LogP contribution is -2.12. The molecule has 0 bridgehead atoms. The van der Waals surface area contributed by atoms with Gasteiger partial charge in [0, 0.05) is 11.6 Å². The van der Waals surface area contributed by atoms with Crippen LogP contribution in [0.1, 0.15) is 18.5 Å². The van der Waals surface area contributed by atoms with Gasteiger partial charge in [0.1, 0.15) is 11.3 Å². The Labute approximate surface area is 117 Å². The lowest BCUT2D eigenvalue weighted by molar-refractivity contribution is 0.406. The molecule has 3 rings (SSSR count). The minimum atomic E-state index is -0.163. The van der Waals surface area contributed by atoms with Crippen LogP contribution in [0.5, 0.6) is 5.75 Å². The Morgan fingerprint density at radius 1 is 1.15 bits per heavy atom. The molecule has 0 fully saturated rings. The molecule has 0 amide bonds. The lowest BCUT2D eigenvalue weighted by Gasteiger charge is -2.16. The highest BCUT2D eigenvalue weighted by Gasteiger charge is 2.16. The quantitative estimate of drug-likeness (QED) is 0.792. The maximum absolute atomic E-state index is 6.10. The monoisotopic (exact) mass is 268 g/mol. The molecule has 0 aliphatic carbocycles. The van der Waals surface area contributed by atoms with Gasteiger partial charge >= 0.3 is 0 Å². The summed E-state index contributed by atoms with van der Waals surface area (Å²) in [7, 11) is 1.64. The summed E-state index contributed by atoms with van der Waals surface area (Å²) in [5.74, 6) is 0.761. The van der Waals surface area contributed by atoms with Gasteiger partial charge in [0.2, 0.25) is 0 Å². The van der Waals surface area contributed by atoms with Crippen molar-refractivity contribution in [3.8, 4) is 11.4 Å². The average molecular weight is 268 g/mol. The van der Waals surface area contributed by atoms with E-state index >= 15 is 0 Å². The first-order chi connectivity index (χ1) is 9.72. The molecule has 102 valence electrons. The van der Waals surface area contributed by atoms with E-state index < -0.39 is 0 Å². The predicted octanol–water partition coefficient (Wildman–Crippen LogP) is 2.45. The third kappa shape index (κ3) is 1.92. The van der Waals surface area contributed by atoms with Gasteiger partial charge in [-0.15, -0.1) is 5.10 Å². The lowest BCUT2D eigenvalue weighted by atomic mass is 10.1. The normalized spacial score (nSPS) is 12.6. The van der Waals surface area contributed by atoms with Gasteiger partial charge in [-0.25, -0.2) is 4.68 Å². The third-order valence-electron chi connectivity index (χ3n) is 3.30. The van der Waals surface area contributed by atoms with Crippen molar-refractivity contribution >= 4 is 11.0 Å². The highest BCUT2D eigenvalue weighted by molar-refractivity contribution is 5.76. The van der Waals surface area contributed by atoms with Gasteiger partial charge in [-0.05, 0) is 31.2 Å². The summed E-state index contributed by atoms with van der Waals surface area (Å²) in [6.07, 6.45) is 0. The van der Waals surface area contributed by atoms with Crippen LogP contribution >= 0.6 is 0 Å². The topological polar surface area (TPSA) is 66.0 Å². The zero-order valence-electron chi connectivity index (χ0n) is 11.4. The fraction of sp³-hybridized carbons (Fsp3) is 0.200. The molecule has 0 unspecified atom stereocenters. The third-order valence-corrected chi connectivity index (χ3v) is 3.30. The molecule has 1 aromatic heterocycles. The van der Waals surface area contributed by atoms with E-state index in [0.29, 0.717) is 0 Å². The van der Waals surface area contributed by atoms with Gasteiger partial charge in [0.05, 0.1) is 18.3 Å². The molecular formula is C15H16N4O. The van der Waals surface area contributed by atoms with Crippen molar-refractivity contribution in [3.05, 3.63) is 48.0 Å². The molecular weight excluding hydrogens is 252 g/mol. The van der Waals surface area contributed by atoms with E-state index in [1.165, 1.54) is 0 Å². The Morgan fingerprint density at radius 3 is 2.70 bits per heavy atom. The second kappa shape index (κ2) is 4.94. The molecule has 0 radical (unpaired) electrons. The predicted molar refractivity (Wildman–Crippen MR) is 78.0 cm³/mol. The van der Waals surface area contributed by atoms with E-state index in [-0.39, 0.29) is 6.04 Å². The van der Waals surface area contributed by atoms with E-state index in [4.69, 9.17) is 10.5 Å². The van der Waals surface area contributed by atoms with Crippen molar-refractivity contribution < 1.29 is 4.74 Å². The number of benzene rings is 2. The van der Waals surface area contributed by atoms with E-state index in [1.54, 1.807) is 11.8 Å². The summed E-state index contributed by atoms with van der Waals surface area (Å²) >= 11 is 0. The molecule has 2 N–H and O–H groups in total. The zero-order chi connectivity index (χ0) is 14.1. The summed E-state index contributed by atoms with van der Waals surface area (Å²) in [5.41, 5.74) is 9.72. The van der Waals surface area contributed by atoms with Crippen LogP contribution in [0.2, 0.25) is 0 Å². The molecule has 0 spiro atoms. The van der Waals surface area contributed by atoms with Gasteiger partial charge in [0.25, 0.3) is 0 Å². The summed E-state index contributed by atoms with van der Waals surface area (Å²) in [6, 6.07) is 13.5. The molecule has 0 aliphatic heterocycles. The molecule has 20 heavy (non-hydrogen) atoms. The number of methoxy groups -OCH3 is 1. The number of para-hydroxylation sites is 1. The molecule has 0 saturated heterocycles. The summed E-state index contributed by atoms with van der Waals surface area (Å²) in [4.78, 5) is 0. The zero-order valence-corrected chi connectivity index (χ0v) is 11.4. The van der Waals surface area contributed by atoms with Crippen LogP contribution < -0.4 is 10.5 Å². The molecule has 1 heterocycles. The fourth-order valence-electron chi connectivity index (χ4n) is 2.40. The number of rotatable bonds is 3. The summed E-state index contributed by atoms with van der Waals surface area (Å²) in [6.45, 7) is 1.93. The highest BCUT2D eigenvalue weighted by Crippen LogP contribution is 2.30. The number of aromatic nitrogens is 3. The Balaban J connectivity index is 2.29. The van der Waals surface area contributed by atoms with Crippen LogP contribution in [0.25, 0.3) is 16.7 Å². The first-order valence-electron chi connectivity index (χ1n) is 6.45. The van der Waals surface area contributed by atoms with Gasteiger partial charge in [0.15, 0.2) is 0 Å². The standard InChI is InChI=1S/C15H16N4O/c1-10(16)15-13(8-5-9-14(15)20-2)19-12-7-4-3-6-11(12)17-18-19/h3-10H,16H2,1-2H3/t10-/m0/s1. The fourth-order valence-corrected chi connectivity index (χ4v) is 2.40. The average Bonchev–Trinajstić information content (AvgIpc) is 2.90. The Hall–Kier alpha value is -2.40. The number of fused-ring (bicyclic) bond motifs is 1. The first kappa shape index (κ1) is 12.6. The van der Waals surface area contributed by atoms with Crippen molar-refractivity contribution in [2.24, 2.45) is 5.73 Å².